The minimum Gasteiger partial charge on any atom is -0.497 e. The van der Waals surface area contributed by atoms with Crippen LogP contribution < -0.4 is 35.3 Å². The van der Waals surface area contributed by atoms with E-state index in [1.165, 1.54) is 253 Å². The van der Waals surface area contributed by atoms with Crippen molar-refractivity contribution in [3.05, 3.63) is 153 Å². The van der Waals surface area contributed by atoms with E-state index in [2.05, 4.69) is 104 Å². The predicted octanol–water partition coefficient (Wildman–Crippen LogP) is 25.7. The van der Waals surface area contributed by atoms with E-state index < -0.39 is 18.1 Å². The van der Waals surface area contributed by atoms with Gasteiger partial charge in [-0.25, -0.2) is 0 Å². The summed E-state index contributed by atoms with van der Waals surface area (Å²) in [6.07, 6.45) is 58.1. The van der Waals surface area contributed by atoms with Gasteiger partial charge in [-0.1, -0.05) is 342 Å². The zero-order valence-corrected chi connectivity index (χ0v) is 66.5. The van der Waals surface area contributed by atoms with Crippen LogP contribution in [0.25, 0.3) is 21.6 Å². The highest BCUT2D eigenvalue weighted by Gasteiger charge is 2.29. The molecule has 0 saturated carbocycles. The third-order valence-corrected chi connectivity index (χ3v) is 20.9. The fourth-order valence-electron chi connectivity index (χ4n) is 14.6. The molecule has 0 saturated heterocycles. The van der Waals surface area contributed by atoms with E-state index in [9.17, 15) is 4.79 Å². The summed E-state index contributed by atoms with van der Waals surface area (Å²) in [5, 5.41) is 10.2. The number of nitrogens with one attached hydrogen (secondary N) is 2. The number of ether oxygens (including phenoxy) is 4. The number of carbonyl (C=O) groups excluding carboxylic acids is 2. The van der Waals surface area contributed by atoms with Gasteiger partial charge in [-0.3, -0.25) is 9.59 Å². The van der Waals surface area contributed by atoms with Gasteiger partial charge >= 0.3 is 0 Å². The second-order valence-corrected chi connectivity index (χ2v) is 30.2. The van der Waals surface area contributed by atoms with Gasteiger partial charge in [-0.15, -0.1) is 0 Å². The summed E-state index contributed by atoms with van der Waals surface area (Å²) < 4.78 is 25.1. The first kappa shape index (κ1) is 88.1. The van der Waals surface area contributed by atoms with E-state index in [0.717, 1.165) is 90.7 Å². The minimum atomic E-state index is -0.910. The molecule has 0 radical (unpaired) electrons. The van der Waals surface area contributed by atoms with Crippen molar-refractivity contribution >= 4 is 11.8 Å². The second kappa shape index (κ2) is 57.7. The summed E-state index contributed by atoms with van der Waals surface area (Å²) in [7, 11) is 1.66. The lowest BCUT2D eigenvalue weighted by atomic mass is 9.95. The van der Waals surface area contributed by atoms with Gasteiger partial charge in [-0.2, -0.15) is 0 Å². The Morgan fingerprint density at radius 3 is 1.35 bits per heavy atom. The highest BCUT2D eigenvalue weighted by molar-refractivity contribution is 5.90. The first-order chi connectivity index (χ1) is 51.0. The van der Waals surface area contributed by atoms with Crippen molar-refractivity contribution < 1.29 is 28.5 Å². The lowest BCUT2D eigenvalue weighted by molar-refractivity contribution is -0.130. The molecule has 12 nitrogen and oxygen atoms in total. The molecule has 0 heterocycles. The van der Waals surface area contributed by atoms with E-state index in [-0.39, 0.29) is 11.8 Å². The number of azide groups is 1. The highest BCUT2D eigenvalue weighted by Crippen LogP contribution is 2.36. The third-order valence-electron chi connectivity index (χ3n) is 20.9. The quantitative estimate of drug-likeness (QED) is 0.0151. The summed E-state index contributed by atoms with van der Waals surface area (Å²) in [5.74, 6) is 2.27. The van der Waals surface area contributed by atoms with Crippen LogP contribution in [0.4, 0.5) is 0 Å². The standard InChI is InChI=1S/C92H144N6O6/c1-7-10-12-14-16-18-20-22-24-26-28-30-32-34-36-38-40-42-44-47-66-103-84-62-64-86(89(74-84)104-68-48-45-43-41-39-37-35-33-31-29-27-25-23-21-19-17-15-13-11-8-2)90(81-57-59-82(101-6)60-58-81)97-92(100)88(52-50-51-78-70-75(4)69-76(5)71-78)96-91(99)87(93)72-77-53-55-80(56-54-77)85-63-61-83(73-79(85)9-3)102-67-49-46-65-95-98-94/h53-64,69-71,73-74,87-88,90H,7-52,65-68,72,93H2,1-6H3,(H,96,99)(H,97,100)/t87-,88-,90?/m0/s1. The van der Waals surface area contributed by atoms with Gasteiger partial charge < -0.3 is 35.3 Å². The maximum absolute atomic E-state index is 15.3. The van der Waals surface area contributed by atoms with Crippen molar-refractivity contribution in [2.75, 3.05) is 33.5 Å². The Morgan fingerprint density at radius 2 is 0.885 bits per heavy atom. The molecule has 0 spiro atoms. The lowest BCUT2D eigenvalue weighted by Crippen LogP contribution is -2.52. The van der Waals surface area contributed by atoms with Gasteiger partial charge in [0.25, 0.3) is 0 Å². The molecule has 0 bridgehead atoms. The zero-order valence-electron chi connectivity index (χ0n) is 66.5. The van der Waals surface area contributed by atoms with Gasteiger partial charge in [0, 0.05) is 23.1 Å². The van der Waals surface area contributed by atoms with Crippen molar-refractivity contribution in [1.82, 2.24) is 10.6 Å². The zero-order chi connectivity index (χ0) is 74.1. The average Bonchev–Trinajstić information content (AvgIpc) is 0.845. The predicted molar refractivity (Wildman–Crippen MR) is 439 cm³/mol. The normalized spacial score (nSPS) is 12.2. The van der Waals surface area contributed by atoms with Crippen molar-refractivity contribution in [3.63, 3.8) is 0 Å². The monoisotopic (exact) mass is 1430 g/mol. The molecule has 0 aromatic heterocycles. The van der Waals surface area contributed by atoms with Gasteiger partial charge in [0.05, 0.1) is 39.0 Å². The van der Waals surface area contributed by atoms with Crippen LogP contribution in [0.2, 0.25) is 0 Å². The molecule has 5 aromatic carbocycles. The van der Waals surface area contributed by atoms with E-state index in [1.807, 2.05) is 54.6 Å². The molecule has 0 aliphatic rings. The molecule has 0 aliphatic carbocycles. The average molecular weight is 1430 g/mol. The molecule has 4 N–H and O–H groups in total. The van der Waals surface area contributed by atoms with E-state index in [1.54, 1.807) is 7.11 Å². The fourth-order valence-corrected chi connectivity index (χ4v) is 14.6. The van der Waals surface area contributed by atoms with Crippen molar-refractivity contribution in [2.24, 2.45) is 10.8 Å². The first-order valence-electron chi connectivity index (χ1n) is 42.4. The van der Waals surface area contributed by atoms with Crippen molar-refractivity contribution in [1.29, 1.82) is 0 Å². The van der Waals surface area contributed by atoms with Gasteiger partial charge in [0.15, 0.2) is 0 Å². The maximum Gasteiger partial charge on any atom is 0.243 e. The Bertz CT molecular complexity index is 3030. The summed E-state index contributed by atoms with van der Waals surface area (Å²) in [6.45, 7) is 13.1. The molecule has 104 heavy (non-hydrogen) atoms. The smallest absolute Gasteiger partial charge is 0.243 e. The number of benzene rings is 5. The first-order valence-corrected chi connectivity index (χ1v) is 42.4. The largest absolute Gasteiger partial charge is 0.497 e. The van der Waals surface area contributed by atoms with E-state index in [4.69, 9.17) is 30.2 Å². The van der Waals surface area contributed by atoms with Crippen molar-refractivity contribution in [2.45, 2.75) is 355 Å². The second-order valence-electron chi connectivity index (χ2n) is 30.2. The number of carbonyl (C=O) groups is 2. The number of aryl methyl sites for hydroxylation is 4. The number of amides is 2. The maximum atomic E-state index is 15.3. The van der Waals surface area contributed by atoms with Crippen LogP contribution in [0.3, 0.4) is 0 Å². The number of nitrogens with zero attached hydrogens (tertiary/aromatic N) is 3. The van der Waals surface area contributed by atoms with E-state index in [0.29, 0.717) is 57.1 Å². The Hall–Kier alpha value is -6.49. The molecular weight excluding hydrogens is 1290 g/mol. The fraction of sp³-hybridized carbons (Fsp3) is 0.652. The molecule has 0 fully saturated rings. The molecule has 5 rings (SSSR count). The van der Waals surface area contributed by atoms with E-state index >= 15 is 4.79 Å². The molecule has 3 atom stereocenters. The van der Waals surface area contributed by atoms with Crippen LogP contribution >= 0.6 is 0 Å². The highest BCUT2D eigenvalue weighted by atomic mass is 16.5. The van der Waals surface area contributed by atoms with Gasteiger partial charge in [0.1, 0.15) is 29.0 Å². The summed E-state index contributed by atoms with van der Waals surface area (Å²) in [4.78, 5) is 32.6. The van der Waals surface area contributed by atoms with Crippen LogP contribution in [0.1, 0.15) is 348 Å². The number of hydrogen-bond acceptors (Lipinski definition) is 8. The molecule has 2 amide bonds. The number of methoxy groups -OCH3 is 1. The SMILES string of the molecule is CCCCCCCCCCCCCCCCCCCCCCOc1ccc(C(NC(=O)[C@H](CCCc2cc(C)cc(C)c2)NC(=O)[C@@H](N)Cc2ccc(-c3ccc(OCCCCN=[N+]=[N-])cc3CC)cc2)c2ccc(OC)cc2)c(OCCCCCCCCCCCCCCCCCCCCCC)c1. The Labute approximate surface area is 633 Å². The van der Waals surface area contributed by atoms with Crippen LogP contribution in [0.5, 0.6) is 23.0 Å². The summed E-state index contributed by atoms with van der Waals surface area (Å²) in [6, 6.07) is 32.5. The summed E-state index contributed by atoms with van der Waals surface area (Å²) in [5.41, 5.74) is 24.9. The van der Waals surface area contributed by atoms with Crippen LogP contribution in [0, 0.1) is 13.8 Å². The summed E-state index contributed by atoms with van der Waals surface area (Å²) >= 11 is 0. The van der Waals surface area contributed by atoms with Crippen LogP contribution in [-0.4, -0.2) is 57.4 Å². The van der Waals surface area contributed by atoms with Crippen LogP contribution in [-0.2, 0) is 28.9 Å². The molecule has 5 aromatic rings. The Morgan fingerprint density at radius 1 is 0.452 bits per heavy atom. The molecule has 578 valence electrons. The number of nitrogens with two attached hydrogens (primary N) is 1. The topological polar surface area (TPSA) is 170 Å². The third kappa shape index (κ3) is 39.2. The lowest BCUT2D eigenvalue weighted by Gasteiger charge is -2.27. The van der Waals surface area contributed by atoms with Gasteiger partial charge in [-0.05, 0) is 147 Å². The Balaban J connectivity index is 1.22. The number of rotatable bonds is 65. The molecule has 12 heteroatoms. The molecule has 0 aliphatic heterocycles. The number of unbranched alkanes of at least 4 members (excludes halogenated alkanes) is 39. The molecular formula is C92H144N6O6. The van der Waals surface area contributed by atoms with Crippen molar-refractivity contribution in [3.8, 4) is 34.1 Å². The minimum absolute atomic E-state index is 0.291. The number of hydrogen-bond donors (Lipinski definition) is 3. The van der Waals surface area contributed by atoms with Gasteiger partial charge in [0.2, 0.25) is 11.8 Å². The van der Waals surface area contributed by atoms with Crippen LogP contribution in [0.15, 0.2) is 108 Å². The molecule has 1 unspecified atom stereocenters. The Kier molecular flexibility index (Phi) is 48.9.